The molecule has 0 saturated carbocycles. The monoisotopic (exact) mass is 288 g/mol. The highest BCUT2D eigenvalue weighted by Gasteiger charge is 2.48. The minimum Gasteiger partial charge on any atom is -0.478 e. The average molecular weight is 288 g/mol. The molecule has 0 amide bonds. The van der Waals surface area contributed by atoms with Crippen LogP contribution in [0.5, 0.6) is 5.75 Å². The Bertz CT molecular complexity index is 563. The molecule has 0 bridgehead atoms. The summed E-state index contributed by atoms with van der Waals surface area (Å²) in [6.07, 6.45) is -6.30. The Morgan fingerprint density at radius 3 is 2.70 bits per heavy atom. The SMILES string of the molecule is COCc1cccc2c1OC(C(F)(F)F)C(C(=O)O)=C2. The van der Waals surface area contributed by atoms with Crippen LogP contribution in [-0.2, 0) is 16.1 Å². The van der Waals surface area contributed by atoms with Gasteiger partial charge >= 0.3 is 12.1 Å². The van der Waals surface area contributed by atoms with Gasteiger partial charge in [-0.15, -0.1) is 0 Å². The maximum absolute atomic E-state index is 12.9. The number of halogens is 3. The van der Waals surface area contributed by atoms with Gasteiger partial charge in [-0.25, -0.2) is 4.79 Å². The van der Waals surface area contributed by atoms with Gasteiger partial charge in [-0.1, -0.05) is 18.2 Å². The summed E-state index contributed by atoms with van der Waals surface area (Å²) < 4.78 is 48.5. The molecule has 7 heteroatoms. The van der Waals surface area contributed by atoms with Gasteiger partial charge in [0.1, 0.15) is 5.75 Å². The van der Waals surface area contributed by atoms with Crippen molar-refractivity contribution in [3.63, 3.8) is 0 Å². The number of aliphatic carboxylic acids is 1. The quantitative estimate of drug-likeness (QED) is 0.929. The molecule has 0 spiro atoms. The predicted molar refractivity (Wildman–Crippen MR) is 63.2 cm³/mol. The maximum atomic E-state index is 12.9. The van der Waals surface area contributed by atoms with Crippen molar-refractivity contribution in [2.75, 3.05) is 7.11 Å². The van der Waals surface area contributed by atoms with Crippen molar-refractivity contribution in [1.29, 1.82) is 0 Å². The molecule has 4 nitrogen and oxygen atoms in total. The van der Waals surface area contributed by atoms with Crippen molar-refractivity contribution in [2.24, 2.45) is 0 Å². The van der Waals surface area contributed by atoms with E-state index in [0.29, 0.717) is 5.56 Å². The second-order valence-corrected chi connectivity index (χ2v) is 4.21. The molecule has 1 aliphatic rings. The number of methoxy groups -OCH3 is 1. The van der Waals surface area contributed by atoms with Crippen molar-refractivity contribution >= 4 is 12.0 Å². The first-order chi connectivity index (χ1) is 9.34. The normalized spacial score (nSPS) is 18.0. The fourth-order valence-corrected chi connectivity index (χ4v) is 1.97. The van der Waals surface area contributed by atoms with E-state index in [1.54, 1.807) is 12.1 Å². The maximum Gasteiger partial charge on any atom is 0.430 e. The summed E-state index contributed by atoms with van der Waals surface area (Å²) in [6.45, 7) is 0.0734. The van der Waals surface area contributed by atoms with Gasteiger partial charge in [0.25, 0.3) is 0 Å². The first-order valence-corrected chi connectivity index (χ1v) is 5.63. The molecule has 1 atom stereocenters. The van der Waals surface area contributed by atoms with Crippen LogP contribution in [0, 0.1) is 0 Å². The average Bonchev–Trinajstić information content (AvgIpc) is 2.37. The molecule has 1 N–H and O–H groups in total. The molecule has 1 aliphatic heterocycles. The molecule has 0 aliphatic carbocycles. The summed E-state index contributed by atoms with van der Waals surface area (Å²) in [7, 11) is 1.40. The van der Waals surface area contributed by atoms with E-state index >= 15 is 0 Å². The molecular weight excluding hydrogens is 277 g/mol. The first kappa shape index (κ1) is 14.4. The number of carbonyl (C=O) groups is 1. The molecule has 1 heterocycles. The Morgan fingerprint density at radius 2 is 2.15 bits per heavy atom. The third-order valence-electron chi connectivity index (χ3n) is 2.80. The Morgan fingerprint density at radius 1 is 1.45 bits per heavy atom. The van der Waals surface area contributed by atoms with Crippen LogP contribution in [-0.4, -0.2) is 30.5 Å². The summed E-state index contributed by atoms with van der Waals surface area (Å²) in [5, 5.41) is 8.90. The Hall–Kier alpha value is -2.02. The van der Waals surface area contributed by atoms with Crippen LogP contribution in [0.3, 0.4) is 0 Å². The van der Waals surface area contributed by atoms with Crippen LogP contribution in [0.4, 0.5) is 13.2 Å². The van der Waals surface area contributed by atoms with Crippen LogP contribution >= 0.6 is 0 Å². The van der Waals surface area contributed by atoms with Crippen LogP contribution in [0.25, 0.3) is 6.08 Å². The van der Waals surface area contributed by atoms with Crippen LogP contribution in [0.2, 0.25) is 0 Å². The van der Waals surface area contributed by atoms with E-state index in [4.69, 9.17) is 14.6 Å². The summed E-state index contributed by atoms with van der Waals surface area (Å²) in [4.78, 5) is 11.0. The lowest BCUT2D eigenvalue weighted by Crippen LogP contribution is -2.40. The molecule has 2 rings (SSSR count). The van der Waals surface area contributed by atoms with E-state index in [-0.39, 0.29) is 17.9 Å². The number of benzene rings is 1. The third kappa shape index (κ3) is 2.62. The first-order valence-electron chi connectivity index (χ1n) is 5.63. The summed E-state index contributed by atoms with van der Waals surface area (Å²) in [5.74, 6) is -1.66. The topological polar surface area (TPSA) is 55.8 Å². The highest BCUT2D eigenvalue weighted by atomic mass is 19.4. The largest absolute Gasteiger partial charge is 0.478 e. The number of hydrogen-bond donors (Lipinski definition) is 1. The lowest BCUT2D eigenvalue weighted by molar-refractivity contribution is -0.187. The Labute approximate surface area is 112 Å². The van der Waals surface area contributed by atoms with Gasteiger partial charge in [0, 0.05) is 18.2 Å². The molecule has 0 fully saturated rings. The van der Waals surface area contributed by atoms with Gasteiger partial charge < -0.3 is 14.6 Å². The number of hydrogen-bond acceptors (Lipinski definition) is 3. The Balaban J connectivity index is 2.54. The zero-order valence-electron chi connectivity index (χ0n) is 10.4. The van der Waals surface area contributed by atoms with Gasteiger partial charge in [0.05, 0.1) is 12.2 Å². The number of ether oxygens (including phenoxy) is 2. The fourth-order valence-electron chi connectivity index (χ4n) is 1.97. The number of alkyl halides is 3. The third-order valence-corrected chi connectivity index (χ3v) is 2.80. The molecule has 20 heavy (non-hydrogen) atoms. The van der Waals surface area contributed by atoms with Crippen LogP contribution in [0.1, 0.15) is 11.1 Å². The molecular formula is C13H11F3O4. The molecule has 1 aromatic carbocycles. The summed E-state index contributed by atoms with van der Waals surface area (Å²) >= 11 is 0. The van der Waals surface area contributed by atoms with Crippen LogP contribution in [0.15, 0.2) is 23.8 Å². The zero-order valence-corrected chi connectivity index (χ0v) is 10.4. The van der Waals surface area contributed by atoms with Crippen molar-refractivity contribution in [3.8, 4) is 5.75 Å². The smallest absolute Gasteiger partial charge is 0.430 e. The lowest BCUT2D eigenvalue weighted by Gasteiger charge is -2.28. The molecule has 0 saturated heterocycles. The molecule has 1 unspecified atom stereocenters. The highest BCUT2D eigenvalue weighted by molar-refractivity contribution is 5.95. The van der Waals surface area contributed by atoms with Gasteiger partial charge in [-0.3, -0.25) is 0 Å². The Kier molecular flexibility index (Phi) is 3.71. The van der Waals surface area contributed by atoms with Gasteiger partial charge in [-0.2, -0.15) is 13.2 Å². The molecule has 1 aromatic rings. The van der Waals surface area contributed by atoms with Crippen molar-refractivity contribution in [1.82, 2.24) is 0 Å². The van der Waals surface area contributed by atoms with E-state index < -0.39 is 23.8 Å². The minimum atomic E-state index is -4.80. The fraction of sp³-hybridized carbons (Fsp3) is 0.308. The van der Waals surface area contributed by atoms with Gasteiger partial charge in [0.15, 0.2) is 0 Å². The van der Waals surface area contributed by atoms with Crippen molar-refractivity contribution in [2.45, 2.75) is 18.9 Å². The van der Waals surface area contributed by atoms with E-state index in [1.165, 1.54) is 13.2 Å². The van der Waals surface area contributed by atoms with Gasteiger partial charge in [0.2, 0.25) is 6.10 Å². The second-order valence-electron chi connectivity index (χ2n) is 4.21. The zero-order chi connectivity index (χ0) is 14.9. The number of carboxylic acid groups (broad SMARTS) is 1. The molecule has 0 radical (unpaired) electrons. The van der Waals surface area contributed by atoms with Crippen LogP contribution < -0.4 is 4.74 Å². The number of fused-ring (bicyclic) bond motifs is 1. The second kappa shape index (κ2) is 5.16. The number of para-hydroxylation sites is 1. The predicted octanol–water partition coefficient (Wildman–Crippen LogP) is 2.62. The summed E-state index contributed by atoms with van der Waals surface area (Å²) in [6, 6.07) is 4.65. The number of rotatable bonds is 3. The van der Waals surface area contributed by atoms with Crippen molar-refractivity contribution in [3.05, 3.63) is 34.9 Å². The summed E-state index contributed by atoms with van der Waals surface area (Å²) in [5.41, 5.74) is -0.114. The lowest BCUT2D eigenvalue weighted by atomic mass is 9.99. The van der Waals surface area contributed by atoms with E-state index in [9.17, 15) is 18.0 Å². The standard InChI is InChI=1S/C13H11F3O4/c1-19-6-8-4-2-3-7-5-9(12(17)18)11(13(14,15)16)20-10(7)8/h2-5,11H,6H2,1H3,(H,17,18). The highest BCUT2D eigenvalue weighted by Crippen LogP contribution is 2.39. The molecule has 108 valence electrons. The molecule has 0 aromatic heterocycles. The van der Waals surface area contributed by atoms with Crippen molar-refractivity contribution < 1.29 is 32.5 Å². The van der Waals surface area contributed by atoms with E-state index in [1.807, 2.05) is 0 Å². The van der Waals surface area contributed by atoms with E-state index in [2.05, 4.69) is 0 Å². The minimum absolute atomic E-state index is 0.00155. The van der Waals surface area contributed by atoms with E-state index in [0.717, 1.165) is 6.08 Å². The van der Waals surface area contributed by atoms with Gasteiger partial charge in [-0.05, 0) is 6.08 Å². The number of carboxylic acids is 1.